The van der Waals surface area contributed by atoms with E-state index >= 15 is 0 Å². The third-order valence-corrected chi connectivity index (χ3v) is 4.08. The third kappa shape index (κ3) is 4.13. The van der Waals surface area contributed by atoms with Gasteiger partial charge in [0.1, 0.15) is 24.3 Å². The van der Waals surface area contributed by atoms with E-state index in [1.807, 2.05) is 31.2 Å². The van der Waals surface area contributed by atoms with Crippen molar-refractivity contribution in [2.24, 2.45) is 0 Å². The van der Waals surface area contributed by atoms with Crippen LogP contribution >= 0.6 is 11.3 Å². The molecule has 0 aliphatic heterocycles. The second-order valence-electron chi connectivity index (χ2n) is 4.97. The zero-order valence-corrected chi connectivity index (χ0v) is 14.3. The molecule has 1 aromatic carbocycles. The van der Waals surface area contributed by atoms with Gasteiger partial charge in [-0.05, 0) is 31.2 Å². The summed E-state index contributed by atoms with van der Waals surface area (Å²) in [5.74, 6) is 1.48. The second-order valence-corrected chi connectivity index (χ2v) is 5.87. The summed E-state index contributed by atoms with van der Waals surface area (Å²) in [4.78, 5) is 14.8. The van der Waals surface area contributed by atoms with Gasteiger partial charge in [0, 0.05) is 11.6 Å². The minimum Gasteiger partial charge on any atom is -0.494 e. The lowest BCUT2D eigenvalue weighted by Gasteiger charge is -2.07. The molecular formula is C16H16N4O4S. The van der Waals surface area contributed by atoms with Gasteiger partial charge in [-0.25, -0.2) is 4.98 Å². The predicted molar refractivity (Wildman–Crippen MR) is 93.1 cm³/mol. The average molecular weight is 360 g/mol. The number of hydrogen-bond donors (Lipinski definition) is 0. The largest absolute Gasteiger partial charge is 0.494 e. The van der Waals surface area contributed by atoms with Crippen LogP contribution in [-0.4, -0.2) is 32.9 Å². The van der Waals surface area contributed by atoms with E-state index < -0.39 is 4.92 Å². The highest BCUT2D eigenvalue weighted by atomic mass is 32.1. The standard InChI is InChI=1S/C16H16N4O4S/c1-2-23-12-3-5-13(6-4-12)24-9-8-19-11-14(20(21)22)15(18-19)16-17-7-10-25-16/h3-7,10-11H,2,8-9H2,1H3. The van der Waals surface area contributed by atoms with E-state index in [4.69, 9.17) is 9.47 Å². The second kappa shape index (κ2) is 7.75. The van der Waals surface area contributed by atoms with E-state index in [1.165, 1.54) is 22.2 Å². The number of nitro groups is 1. The topological polar surface area (TPSA) is 92.3 Å². The first-order valence-electron chi connectivity index (χ1n) is 7.64. The molecule has 25 heavy (non-hydrogen) atoms. The summed E-state index contributed by atoms with van der Waals surface area (Å²) in [5.41, 5.74) is 0.220. The number of rotatable bonds is 8. The first-order chi connectivity index (χ1) is 12.2. The monoisotopic (exact) mass is 360 g/mol. The summed E-state index contributed by atoms with van der Waals surface area (Å²) in [5, 5.41) is 17.7. The molecule has 0 atom stereocenters. The van der Waals surface area contributed by atoms with Crippen LogP contribution in [-0.2, 0) is 6.54 Å². The van der Waals surface area contributed by atoms with E-state index in [1.54, 1.807) is 11.6 Å². The van der Waals surface area contributed by atoms with Crippen LogP contribution in [0.5, 0.6) is 11.5 Å². The van der Waals surface area contributed by atoms with Gasteiger partial charge in [0.25, 0.3) is 0 Å². The van der Waals surface area contributed by atoms with Crippen molar-refractivity contribution in [3.05, 3.63) is 52.2 Å². The molecule has 0 radical (unpaired) electrons. The lowest BCUT2D eigenvalue weighted by atomic mass is 10.3. The lowest BCUT2D eigenvalue weighted by Crippen LogP contribution is -2.08. The molecule has 130 valence electrons. The van der Waals surface area contributed by atoms with Crippen LogP contribution in [0.1, 0.15) is 6.92 Å². The van der Waals surface area contributed by atoms with Crippen molar-refractivity contribution in [1.29, 1.82) is 0 Å². The fourth-order valence-corrected chi connectivity index (χ4v) is 2.84. The van der Waals surface area contributed by atoms with Crippen LogP contribution in [0.4, 0.5) is 5.69 Å². The number of ether oxygens (including phenoxy) is 2. The molecule has 0 saturated carbocycles. The lowest BCUT2D eigenvalue weighted by molar-refractivity contribution is -0.384. The number of nitrogens with zero attached hydrogens (tertiary/aromatic N) is 4. The molecule has 0 fully saturated rings. The Morgan fingerprint density at radius 1 is 1.24 bits per heavy atom. The van der Waals surface area contributed by atoms with Crippen molar-refractivity contribution in [3.8, 4) is 22.2 Å². The first kappa shape index (κ1) is 16.9. The molecule has 0 bridgehead atoms. The van der Waals surface area contributed by atoms with Crippen molar-refractivity contribution in [3.63, 3.8) is 0 Å². The van der Waals surface area contributed by atoms with Crippen molar-refractivity contribution in [2.75, 3.05) is 13.2 Å². The molecule has 0 saturated heterocycles. The highest BCUT2D eigenvalue weighted by Crippen LogP contribution is 2.29. The molecule has 0 spiro atoms. The SMILES string of the molecule is CCOc1ccc(OCCn2cc([N+](=O)[O-])c(-c3nccs3)n2)cc1. The Labute approximate surface area is 147 Å². The predicted octanol–water partition coefficient (Wildman–Crippen LogP) is 3.39. The zero-order chi connectivity index (χ0) is 17.6. The highest BCUT2D eigenvalue weighted by Gasteiger charge is 2.22. The minimum atomic E-state index is -0.451. The van der Waals surface area contributed by atoms with E-state index in [-0.39, 0.29) is 11.4 Å². The van der Waals surface area contributed by atoms with E-state index in [0.29, 0.717) is 30.5 Å². The van der Waals surface area contributed by atoms with Crippen LogP contribution in [0.25, 0.3) is 10.7 Å². The molecule has 0 aliphatic carbocycles. The molecule has 0 aliphatic rings. The third-order valence-electron chi connectivity index (χ3n) is 3.30. The Balaban J connectivity index is 1.63. The molecule has 0 unspecified atom stereocenters. The summed E-state index contributed by atoms with van der Waals surface area (Å²) in [6.07, 6.45) is 3.00. The fourth-order valence-electron chi connectivity index (χ4n) is 2.21. The maximum absolute atomic E-state index is 11.2. The number of thiazole rings is 1. The molecule has 2 aromatic heterocycles. The molecule has 2 heterocycles. The summed E-state index contributed by atoms with van der Waals surface area (Å²) in [6, 6.07) is 7.30. The van der Waals surface area contributed by atoms with Crippen LogP contribution in [0.2, 0.25) is 0 Å². The van der Waals surface area contributed by atoms with Crippen molar-refractivity contribution >= 4 is 17.0 Å². The molecule has 0 N–H and O–H groups in total. The Morgan fingerprint density at radius 3 is 2.56 bits per heavy atom. The van der Waals surface area contributed by atoms with Gasteiger partial charge in [-0.15, -0.1) is 11.3 Å². The first-order valence-corrected chi connectivity index (χ1v) is 8.52. The summed E-state index contributed by atoms with van der Waals surface area (Å²) in [7, 11) is 0. The Kier molecular flexibility index (Phi) is 5.24. The molecular weight excluding hydrogens is 344 g/mol. The average Bonchev–Trinajstić information content (AvgIpc) is 3.26. The summed E-state index contributed by atoms with van der Waals surface area (Å²) < 4.78 is 12.5. The van der Waals surface area contributed by atoms with Gasteiger partial charge in [-0.2, -0.15) is 5.10 Å². The smallest absolute Gasteiger partial charge is 0.317 e. The van der Waals surface area contributed by atoms with E-state index in [0.717, 1.165) is 5.75 Å². The van der Waals surface area contributed by atoms with Gasteiger partial charge in [-0.3, -0.25) is 14.8 Å². The van der Waals surface area contributed by atoms with Crippen LogP contribution < -0.4 is 9.47 Å². The van der Waals surface area contributed by atoms with Crippen molar-refractivity contribution in [2.45, 2.75) is 13.5 Å². The van der Waals surface area contributed by atoms with Gasteiger partial charge >= 0.3 is 5.69 Å². The summed E-state index contributed by atoms with van der Waals surface area (Å²) in [6.45, 7) is 3.26. The van der Waals surface area contributed by atoms with Crippen molar-refractivity contribution < 1.29 is 14.4 Å². The molecule has 9 heteroatoms. The normalized spacial score (nSPS) is 10.6. The van der Waals surface area contributed by atoms with Crippen molar-refractivity contribution in [1.82, 2.24) is 14.8 Å². The van der Waals surface area contributed by atoms with Gasteiger partial charge < -0.3 is 9.47 Å². The molecule has 0 amide bonds. The van der Waals surface area contributed by atoms with E-state index in [2.05, 4.69) is 10.1 Å². The minimum absolute atomic E-state index is 0.0592. The summed E-state index contributed by atoms with van der Waals surface area (Å²) >= 11 is 1.31. The van der Waals surface area contributed by atoms with Crippen LogP contribution in [0.3, 0.4) is 0 Å². The maximum atomic E-state index is 11.2. The number of hydrogen-bond acceptors (Lipinski definition) is 7. The Bertz CT molecular complexity index is 830. The van der Waals surface area contributed by atoms with Gasteiger partial charge in [-0.1, -0.05) is 0 Å². The highest BCUT2D eigenvalue weighted by molar-refractivity contribution is 7.13. The Morgan fingerprint density at radius 2 is 1.96 bits per heavy atom. The van der Waals surface area contributed by atoms with E-state index in [9.17, 15) is 10.1 Å². The van der Waals surface area contributed by atoms with Gasteiger partial charge in [0.15, 0.2) is 10.7 Å². The van der Waals surface area contributed by atoms with Crippen LogP contribution in [0, 0.1) is 10.1 Å². The maximum Gasteiger partial charge on any atom is 0.317 e. The quantitative estimate of drug-likeness (QED) is 0.451. The van der Waals surface area contributed by atoms with Crippen LogP contribution in [0.15, 0.2) is 42.0 Å². The molecule has 3 rings (SSSR count). The molecule has 8 nitrogen and oxygen atoms in total. The zero-order valence-electron chi connectivity index (χ0n) is 13.5. The molecule has 3 aromatic rings. The fraction of sp³-hybridized carbons (Fsp3) is 0.250. The number of benzene rings is 1. The Hall–Kier alpha value is -2.94. The van der Waals surface area contributed by atoms with Gasteiger partial charge in [0.2, 0.25) is 0 Å². The van der Waals surface area contributed by atoms with Gasteiger partial charge in [0.05, 0.1) is 18.1 Å². The number of aromatic nitrogens is 3.